The van der Waals surface area contributed by atoms with E-state index in [1.807, 2.05) is 18.8 Å². The van der Waals surface area contributed by atoms with Gasteiger partial charge in [-0.1, -0.05) is 0 Å². The zero-order valence-electron chi connectivity index (χ0n) is 8.90. The van der Waals surface area contributed by atoms with Crippen LogP contribution in [-0.2, 0) is 11.3 Å². The van der Waals surface area contributed by atoms with Crippen LogP contribution in [0, 0.1) is 5.92 Å². The largest absolute Gasteiger partial charge is 0.379 e. The first kappa shape index (κ1) is 11.0. The summed E-state index contributed by atoms with van der Waals surface area (Å²) in [5.74, 6) is 0.586. The molecule has 0 saturated carbocycles. The zero-order chi connectivity index (χ0) is 10.5. The highest BCUT2D eigenvalue weighted by atomic mass is 32.1. The van der Waals surface area contributed by atoms with Crippen LogP contribution in [0.1, 0.15) is 4.88 Å². The summed E-state index contributed by atoms with van der Waals surface area (Å²) in [4.78, 5) is 5.33. The average molecular weight is 227 g/mol. The van der Waals surface area contributed by atoms with Crippen LogP contribution >= 0.6 is 11.3 Å². The molecule has 0 bridgehead atoms. The summed E-state index contributed by atoms with van der Waals surface area (Å²) in [7, 11) is 2.00. The molecule has 0 radical (unpaired) electrons. The molecule has 1 aromatic heterocycles. The highest BCUT2D eigenvalue weighted by molar-refractivity contribution is 7.09. The molecule has 4 nitrogen and oxygen atoms in total. The van der Waals surface area contributed by atoms with Crippen molar-refractivity contribution in [1.29, 1.82) is 0 Å². The van der Waals surface area contributed by atoms with Gasteiger partial charge in [0.1, 0.15) is 0 Å². The zero-order valence-corrected chi connectivity index (χ0v) is 9.72. The molecule has 1 aromatic rings. The van der Waals surface area contributed by atoms with Crippen LogP contribution < -0.4 is 10.6 Å². The van der Waals surface area contributed by atoms with Crippen molar-refractivity contribution in [2.45, 2.75) is 12.6 Å². The van der Waals surface area contributed by atoms with Crippen molar-refractivity contribution >= 4 is 11.3 Å². The minimum atomic E-state index is 0.499. The van der Waals surface area contributed by atoms with Crippen LogP contribution in [0.4, 0.5) is 0 Å². The average Bonchev–Trinajstić information content (AvgIpc) is 2.88. The number of hydrogen-bond acceptors (Lipinski definition) is 5. The van der Waals surface area contributed by atoms with Gasteiger partial charge in [0.25, 0.3) is 0 Å². The molecule has 1 aliphatic rings. The van der Waals surface area contributed by atoms with Gasteiger partial charge in [-0.25, -0.2) is 0 Å². The van der Waals surface area contributed by atoms with E-state index in [0.717, 1.165) is 26.3 Å². The van der Waals surface area contributed by atoms with Crippen molar-refractivity contribution in [3.05, 3.63) is 16.6 Å². The predicted octanol–water partition coefficient (Wildman–Crippen LogP) is 0.467. The number of ether oxygens (including phenoxy) is 1. The van der Waals surface area contributed by atoms with Crippen LogP contribution in [-0.4, -0.2) is 37.8 Å². The summed E-state index contributed by atoms with van der Waals surface area (Å²) >= 11 is 1.69. The van der Waals surface area contributed by atoms with E-state index < -0.39 is 0 Å². The maximum absolute atomic E-state index is 5.44. The highest BCUT2D eigenvalue weighted by Gasteiger charge is 2.26. The van der Waals surface area contributed by atoms with Crippen LogP contribution in [0.15, 0.2) is 11.7 Å². The standard InChI is InChI=1S/C10H17N3OS/c1-11-10-6-14-5-8(10)2-12-3-9-4-13-7-15-9/h4,7-8,10-12H,2-3,5-6H2,1H3. The maximum Gasteiger partial charge on any atom is 0.0794 e. The minimum Gasteiger partial charge on any atom is -0.379 e. The molecular weight excluding hydrogens is 210 g/mol. The summed E-state index contributed by atoms with van der Waals surface area (Å²) in [5, 5.41) is 6.73. The molecule has 1 aliphatic heterocycles. The summed E-state index contributed by atoms with van der Waals surface area (Å²) in [6.45, 7) is 3.62. The Morgan fingerprint density at radius 2 is 2.53 bits per heavy atom. The van der Waals surface area contributed by atoms with Crippen LogP contribution in [0.5, 0.6) is 0 Å². The third-order valence-electron chi connectivity index (χ3n) is 2.76. The molecule has 0 amide bonds. The topological polar surface area (TPSA) is 46.2 Å². The number of nitrogens with one attached hydrogen (secondary N) is 2. The molecule has 1 fully saturated rings. The molecule has 2 atom stereocenters. The summed E-state index contributed by atoms with van der Waals surface area (Å²) in [6, 6.07) is 0.499. The first-order valence-electron chi connectivity index (χ1n) is 5.23. The molecule has 1 saturated heterocycles. The fourth-order valence-electron chi connectivity index (χ4n) is 1.83. The van der Waals surface area contributed by atoms with Crippen molar-refractivity contribution in [2.24, 2.45) is 5.92 Å². The lowest BCUT2D eigenvalue weighted by Gasteiger charge is -2.16. The molecular formula is C10H17N3OS. The normalized spacial score (nSPS) is 25.9. The van der Waals surface area contributed by atoms with E-state index in [0.29, 0.717) is 12.0 Å². The molecule has 0 aliphatic carbocycles. The van der Waals surface area contributed by atoms with Crippen molar-refractivity contribution in [3.63, 3.8) is 0 Å². The number of thiazole rings is 1. The Kier molecular flexibility index (Phi) is 4.08. The van der Waals surface area contributed by atoms with Gasteiger partial charge in [0, 0.05) is 36.1 Å². The predicted molar refractivity (Wildman–Crippen MR) is 61.0 cm³/mol. The first-order chi connectivity index (χ1) is 7.40. The Bertz CT molecular complexity index is 278. The van der Waals surface area contributed by atoms with E-state index >= 15 is 0 Å². The van der Waals surface area contributed by atoms with E-state index in [1.165, 1.54) is 4.88 Å². The Labute approximate surface area is 94.1 Å². The molecule has 84 valence electrons. The second kappa shape index (κ2) is 5.55. The van der Waals surface area contributed by atoms with E-state index in [2.05, 4.69) is 15.6 Å². The number of nitrogens with zero attached hydrogens (tertiary/aromatic N) is 1. The quantitative estimate of drug-likeness (QED) is 0.767. The SMILES string of the molecule is CNC1COCC1CNCc1cncs1. The summed E-state index contributed by atoms with van der Waals surface area (Å²) in [6.07, 6.45) is 1.92. The molecule has 5 heteroatoms. The van der Waals surface area contributed by atoms with Gasteiger partial charge in [-0.05, 0) is 7.05 Å². The first-order valence-corrected chi connectivity index (χ1v) is 6.11. The second-order valence-corrected chi connectivity index (χ2v) is 4.76. The van der Waals surface area contributed by atoms with Crippen LogP contribution in [0.25, 0.3) is 0 Å². The smallest absolute Gasteiger partial charge is 0.0794 e. The third kappa shape index (κ3) is 2.98. The number of rotatable bonds is 5. The van der Waals surface area contributed by atoms with E-state index in [4.69, 9.17) is 4.74 Å². The molecule has 2 unspecified atom stereocenters. The Morgan fingerprint density at radius 1 is 1.60 bits per heavy atom. The van der Waals surface area contributed by atoms with Crippen molar-refractivity contribution in [2.75, 3.05) is 26.8 Å². The van der Waals surface area contributed by atoms with Gasteiger partial charge in [-0.15, -0.1) is 11.3 Å². The highest BCUT2D eigenvalue weighted by Crippen LogP contribution is 2.12. The molecule has 0 spiro atoms. The van der Waals surface area contributed by atoms with Crippen molar-refractivity contribution in [3.8, 4) is 0 Å². The van der Waals surface area contributed by atoms with Crippen LogP contribution in [0.3, 0.4) is 0 Å². The van der Waals surface area contributed by atoms with Gasteiger partial charge < -0.3 is 15.4 Å². The fraction of sp³-hybridized carbons (Fsp3) is 0.700. The van der Waals surface area contributed by atoms with Gasteiger partial charge in [-0.3, -0.25) is 4.98 Å². The molecule has 2 rings (SSSR count). The van der Waals surface area contributed by atoms with Gasteiger partial charge >= 0.3 is 0 Å². The Balaban J connectivity index is 1.69. The molecule has 2 N–H and O–H groups in total. The monoisotopic (exact) mass is 227 g/mol. The van der Waals surface area contributed by atoms with Crippen molar-refractivity contribution < 1.29 is 4.74 Å². The van der Waals surface area contributed by atoms with E-state index in [9.17, 15) is 0 Å². The van der Waals surface area contributed by atoms with Gasteiger partial charge in [0.2, 0.25) is 0 Å². The number of aromatic nitrogens is 1. The van der Waals surface area contributed by atoms with E-state index in [1.54, 1.807) is 11.3 Å². The molecule has 15 heavy (non-hydrogen) atoms. The second-order valence-electron chi connectivity index (χ2n) is 3.79. The minimum absolute atomic E-state index is 0.499. The number of hydrogen-bond donors (Lipinski definition) is 2. The van der Waals surface area contributed by atoms with Gasteiger partial charge in [-0.2, -0.15) is 0 Å². The van der Waals surface area contributed by atoms with Crippen molar-refractivity contribution in [1.82, 2.24) is 15.6 Å². The Morgan fingerprint density at radius 3 is 3.27 bits per heavy atom. The molecule has 0 aromatic carbocycles. The fourth-order valence-corrected chi connectivity index (χ4v) is 2.39. The lowest BCUT2D eigenvalue weighted by molar-refractivity contribution is 0.182. The van der Waals surface area contributed by atoms with Gasteiger partial charge in [0.15, 0.2) is 0 Å². The summed E-state index contributed by atoms with van der Waals surface area (Å²) < 4.78 is 5.44. The van der Waals surface area contributed by atoms with Crippen LogP contribution in [0.2, 0.25) is 0 Å². The number of likely N-dealkylation sites (N-methyl/N-ethyl adjacent to an activating group) is 1. The lowest BCUT2D eigenvalue weighted by atomic mass is 10.0. The van der Waals surface area contributed by atoms with Gasteiger partial charge in [0.05, 0.1) is 18.7 Å². The Hall–Kier alpha value is -0.490. The lowest BCUT2D eigenvalue weighted by Crippen LogP contribution is -2.38. The molecule has 2 heterocycles. The van der Waals surface area contributed by atoms with E-state index in [-0.39, 0.29) is 0 Å². The summed E-state index contributed by atoms with van der Waals surface area (Å²) in [5.41, 5.74) is 1.87. The third-order valence-corrected chi connectivity index (χ3v) is 3.54. The maximum atomic E-state index is 5.44.